The van der Waals surface area contributed by atoms with Crippen LogP contribution in [-0.2, 0) is 44.2 Å². The molecule has 4 heterocycles. The third-order valence-corrected chi connectivity index (χ3v) is 7.97. The molecule has 0 N–H and O–H groups in total. The first kappa shape index (κ1) is 41.1. The van der Waals surface area contributed by atoms with Crippen LogP contribution in [0.5, 0.6) is 0 Å². The van der Waals surface area contributed by atoms with Crippen molar-refractivity contribution < 1.29 is 50.8 Å². The number of aromatic nitrogens is 6. The molecule has 0 fully saturated rings. The van der Waals surface area contributed by atoms with Gasteiger partial charge in [0.25, 0.3) is 0 Å². The van der Waals surface area contributed by atoms with Crippen LogP contribution in [0.4, 0.5) is 30.7 Å². The van der Waals surface area contributed by atoms with Gasteiger partial charge in [-0.3, -0.25) is 32.2 Å². The second kappa shape index (κ2) is 15.4. The summed E-state index contributed by atoms with van der Waals surface area (Å²) >= 11 is 0. The summed E-state index contributed by atoms with van der Waals surface area (Å²) in [6, 6.07) is 18.4. The number of alkyl halides is 3. The molecule has 0 spiro atoms. The van der Waals surface area contributed by atoms with Crippen LogP contribution in [-0.4, -0.2) is 24.8 Å². The number of benzene rings is 2. The van der Waals surface area contributed by atoms with Gasteiger partial charge in [0.05, 0.1) is 5.69 Å². The van der Waals surface area contributed by atoms with Crippen LogP contribution in [0.1, 0.15) is 64.1 Å². The van der Waals surface area contributed by atoms with Gasteiger partial charge in [-0.2, -0.15) is 18.3 Å². The van der Waals surface area contributed by atoms with Crippen LogP contribution in [0.3, 0.4) is 0 Å². The normalized spacial score (nSPS) is 11.9. The molecule has 0 aliphatic carbocycles. The van der Waals surface area contributed by atoms with Crippen molar-refractivity contribution in [1.29, 1.82) is 0 Å². The first-order valence-electron chi connectivity index (χ1n) is 16.0. The van der Waals surface area contributed by atoms with Crippen molar-refractivity contribution in [2.75, 3.05) is 0 Å². The molecule has 0 unspecified atom stereocenters. The van der Waals surface area contributed by atoms with Gasteiger partial charge >= 0.3 is 26.3 Å². The summed E-state index contributed by atoms with van der Waals surface area (Å²) in [5.74, 6) is -3.00. The van der Waals surface area contributed by atoms with Crippen LogP contribution in [0.2, 0.25) is 0 Å². The van der Waals surface area contributed by atoms with Crippen molar-refractivity contribution in [3.05, 3.63) is 119 Å². The van der Waals surface area contributed by atoms with E-state index in [0.29, 0.717) is 28.7 Å². The Kier molecular flexibility index (Phi) is 11.9. The molecule has 278 valence electrons. The molecule has 0 aliphatic rings. The number of hydrogen-bond acceptors (Lipinski definition) is 4. The molecule has 0 bridgehead atoms. The maximum Gasteiger partial charge on any atom is 3.00 e. The minimum absolute atomic E-state index is 0. The zero-order chi connectivity index (χ0) is 38.3. The number of nitrogens with zero attached hydrogens (tertiary/aromatic N) is 6. The van der Waals surface area contributed by atoms with E-state index in [9.17, 15) is 30.7 Å². The van der Waals surface area contributed by atoms with Crippen molar-refractivity contribution in [3.8, 4) is 45.3 Å². The average molecular weight is 912 g/mol. The molecule has 0 saturated carbocycles. The van der Waals surface area contributed by atoms with Gasteiger partial charge in [-0.05, 0) is 58.5 Å². The van der Waals surface area contributed by atoms with Crippen molar-refractivity contribution in [2.24, 2.45) is 7.05 Å². The minimum atomic E-state index is -4.57. The van der Waals surface area contributed by atoms with Crippen molar-refractivity contribution in [3.63, 3.8) is 0 Å². The number of hydrogen-bond donors (Lipinski definition) is 0. The molecular weight excluding hydrogens is 878 g/mol. The Hall–Kier alpha value is -4.68. The first-order chi connectivity index (χ1) is 24.1. The van der Waals surface area contributed by atoms with Gasteiger partial charge in [-0.15, -0.1) is 24.3 Å². The van der Waals surface area contributed by atoms with Gasteiger partial charge in [0.15, 0.2) is 0 Å². The van der Waals surface area contributed by atoms with Crippen LogP contribution in [0.25, 0.3) is 45.3 Å². The smallest absolute Gasteiger partial charge is 0.574 e. The van der Waals surface area contributed by atoms with Gasteiger partial charge in [0.1, 0.15) is 11.4 Å². The Labute approximate surface area is 316 Å². The second-order valence-corrected chi connectivity index (χ2v) is 14.2. The van der Waals surface area contributed by atoms with E-state index in [0.717, 1.165) is 40.2 Å². The van der Waals surface area contributed by atoms with E-state index in [1.54, 1.807) is 18.2 Å². The van der Waals surface area contributed by atoms with E-state index in [2.05, 4.69) is 58.2 Å². The topological polar surface area (TPSA) is 70.6 Å². The zero-order valence-electron chi connectivity index (χ0n) is 29.9. The largest absolute Gasteiger partial charge is 3.00 e. The summed E-state index contributed by atoms with van der Waals surface area (Å²) in [6.07, 6.45) is -4.57. The molecule has 0 saturated heterocycles. The molecular formula is C39H34F7IrN6. The fraction of sp³-hybridized carbons (Fsp3) is 0.282. The van der Waals surface area contributed by atoms with Crippen LogP contribution in [0.15, 0.2) is 60.7 Å². The standard InChI is InChI=1S/C20H17F5N3.C19H17F2N3.Ir/c1-19(2,3)11-7-15(13-6-5-12(21)9-14(13)22)26-16(8-11)17-10-18(20(23,24)25)28(4)27-17;1-11-7-18(24-23-11)17-9-12(19(2,3)4)8-16(22-17)14-6-5-13(20)10-15(14)21;/h5,7-10H,1-4H3;5,7-10H,1-4H3;/q-1;-2;+3. The summed E-state index contributed by atoms with van der Waals surface area (Å²) in [6.45, 7) is 13.7. The van der Waals surface area contributed by atoms with Crippen LogP contribution in [0, 0.1) is 42.3 Å². The van der Waals surface area contributed by atoms with Gasteiger partial charge < -0.3 is 10.2 Å². The van der Waals surface area contributed by atoms with E-state index in [1.165, 1.54) is 7.05 Å². The van der Waals surface area contributed by atoms with E-state index in [4.69, 9.17) is 0 Å². The average Bonchev–Trinajstić information content (AvgIpc) is 3.66. The predicted molar refractivity (Wildman–Crippen MR) is 183 cm³/mol. The Balaban J connectivity index is 0.000000235. The predicted octanol–water partition coefficient (Wildman–Crippen LogP) is 9.99. The van der Waals surface area contributed by atoms with E-state index >= 15 is 0 Å². The number of pyridine rings is 2. The molecule has 53 heavy (non-hydrogen) atoms. The Morgan fingerprint density at radius 2 is 1.08 bits per heavy atom. The first-order valence-corrected chi connectivity index (χ1v) is 16.0. The number of rotatable bonds is 4. The second-order valence-electron chi connectivity index (χ2n) is 14.2. The van der Waals surface area contributed by atoms with Crippen molar-refractivity contribution in [2.45, 2.75) is 65.5 Å². The molecule has 6 rings (SSSR count). The van der Waals surface area contributed by atoms with Gasteiger partial charge in [-0.25, -0.2) is 0 Å². The van der Waals surface area contributed by atoms with Crippen molar-refractivity contribution in [1.82, 2.24) is 29.9 Å². The monoisotopic (exact) mass is 912 g/mol. The minimum Gasteiger partial charge on any atom is -0.574 e. The molecule has 2 aromatic carbocycles. The fourth-order valence-electron chi connectivity index (χ4n) is 5.10. The molecule has 6 aromatic rings. The van der Waals surface area contributed by atoms with Gasteiger partial charge in [-0.1, -0.05) is 88.7 Å². The van der Waals surface area contributed by atoms with Gasteiger partial charge in [0, 0.05) is 41.7 Å². The van der Waals surface area contributed by atoms with Crippen molar-refractivity contribution >= 4 is 0 Å². The SMILES string of the molecule is Cc1cc(-c2cc(C(C)(C)C)cc(-c3[c-]cc(F)cc3F)n2)[n-]n1.Cn1nc(-c2cc(C(C)(C)C)cc(-c3[c-]cc(F)cc3F)n2)cc1C(F)(F)F.[Ir+3]. The molecule has 14 heteroatoms. The Bertz CT molecular complexity index is 2240. The summed E-state index contributed by atoms with van der Waals surface area (Å²) < 4.78 is 94.9. The van der Waals surface area contributed by atoms with Crippen LogP contribution >= 0.6 is 0 Å². The Morgan fingerprint density at radius 1 is 0.623 bits per heavy atom. The maximum atomic E-state index is 14.2. The quantitative estimate of drug-likeness (QED) is 0.130. The van der Waals surface area contributed by atoms with E-state index in [1.807, 2.05) is 39.8 Å². The molecule has 4 aromatic heterocycles. The third-order valence-electron chi connectivity index (χ3n) is 7.97. The summed E-state index contributed by atoms with van der Waals surface area (Å²) in [4.78, 5) is 8.77. The molecule has 0 atom stereocenters. The molecule has 0 radical (unpaired) electrons. The number of aryl methyl sites for hydroxylation is 2. The Morgan fingerprint density at radius 3 is 1.47 bits per heavy atom. The molecule has 0 aliphatic heterocycles. The summed E-state index contributed by atoms with van der Waals surface area (Å²) in [7, 11) is 1.19. The molecule has 6 nitrogen and oxygen atoms in total. The summed E-state index contributed by atoms with van der Waals surface area (Å²) in [5.41, 5.74) is 2.98. The van der Waals surface area contributed by atoms with Crippen LogP contribution < -0.4 is 5.10 Å². The fourth-order valence-corrected chi connectivity index (χ4v) is 5.10. The molecule has 0 amide bonds. The third kappa shape index (κ3) is 9.66. The van der Waals surface area contributed by atoms with E-state index in [-0.39, 0.29) is 53.7 Å². The maximum absolute atomic E-state index is 14.2. The summed E-state index contributed by atoms with van der Waals surface area (Å²) in [5, 5.41) is 12.0. The van der Waals surface area contributed by atoms with Gasteiger partial charge in [0.2, 0.25) is 0 Å². The zero-order valence-corrected chi connectivity index (χ0v) is 32.3. The number of halogens is 7. The van der Waals surface area contributed by atoms with E-state index < -0.39 is 40.6 Å².